The average Bonchev–Trinajstić information content (AvgIpc) is 3.13. The molecule has 0 aliphatic carbocycles. The van der Waals surface area contributed by atoms with Gasteiger partial charge >= 0.3 is 0 Å². The molecule has 0 saturated carbocycles. The standard InChI is InChI=1S/C21H34ClN5O/c1-5-23-21(26(4)16-17-9-11-18(22)12-10-17)24-13-7-15-27-14-6-8-19(27)20(28)25(2)3/h9-12,19H,5-8,13-16H2,1-4H3,(H,23,24). The second-order valence-corrected chi connectivity index (χ2v) is 7.93. The van der Waals surface area contributed by atoms with Gasteiger partial charge < -0.3 is 15.1 Å². The third-order valence-electron chi connectivity index (χ3n) is 4.98. The number of nitrogens with one attached hydrogen (secondary N) is 1. The fraction of sp³-hybridized carbons (Fsp3) is 0.619. The topological polar surface area (TPSA) is 51.2 Å². The van der Waals surface area contributed by atoms with Gasteiger partial charge in [0.05, 0.1) is 6.04 Å². The second kappa shape index (κ2) is 11.3. The first kappa shape index (κ1) is 22.5. The van der Waals surface area contributed by atoms with Gasteiger partial charge in [-0.2, -0.15) is 0 Å². The fourth-order valence-corrected chi connectivity index (χ4v) is 3.66. The summed E-state index contributed by atoms with van der Waals surface area (Å²) in [5.74, 6) is 1.12. The van der Waals surface area contributed by atoms with Gasteiger partial charge in [-0.15, -0.1) is 0 Å². The van der Waals surface area contributed by atoms with Crippen molar-refractivity contribution in [1.29, 1.82) is 0 Å². The van der Waals surface area contributed by atoms with E-state index in [1.165, 1.54) is 5.56 Å². The number of carbonyl (C=O) groups is 1. The number of benzene rings is 1. The van der Waals surface area contributed by atoms with E-state index in [4.69, 9.17) is 16.6 Å². The molecule has 1 aromatic rings. The number of guanidine groups is 1. The molecule has 7 heteroatoms. The highest BCUT2D eigenvalue weighted by Crippen LogP contribution is 2.19. The average molecular weight is 408 g/mol. The molecule has 1 aliphatic rings. The Kier molecular flexibility index (Phi) is 9.06. The molecule has 1 atom stereocenters. The summed E-state index contributed by atoms with van der Waals surface area (Å²) in [6.45, 7) is 6.34. The van der Waals surface area contributed by atoms with E-state index in [0.717, 1.165) is 63.0 Å². The minimum atomic E-state index is 0.0415. The molecule has 1 saturated heterocycles. The Labute approximate surface area is 174 Å². The Balaban J connectivity index is 1.86. The van der Waals surface area contributed by atoms with E-state index >= 15 is 0 Å². The van der Waals surface area contributed by atoms with Gasteiger partial charge in [0.2, 0.25) is 5.91 Å². The number of carbonyl (C=O) groups excluding carboxylic acids is 1. The van der Waals surface area contributed by atoms with E-state index in [2.05, 4.69) is 22.0 Å². The third kappa shape index (κ3) is 6.67. The number of likely N-dealkylation sites (N-methyl/N-ethyl adjacent to an activating group) is 1. The SMILES string of the molecule is CCNC(=NCCCN1CCCC1C(=O)N(C)C)N(C)Cc1ccc(Cl)cc1. The van der Waals surface area contributed by atoms with Crippen molar-refractivity contribution in [1.82, 2.24) is 20.0 Å². The van der Waals surface area contributed by atoms with E-state index in [1.54, 1.807) is 4.90 Å². The third-order valence-corrected chi connectivity index (χ3v) is 5.24. The van der Waals surface area contributed by atoms with Crippen LogP contribution in [0.2, 0.25) is 5.02 Å². The lowest BCUT2D eigenvalue weighted by Gasteiger charge is -2.26. The maximum absolute atomic E-state index is 12.3. The molecule has 1 aromatic carbocycles. The minimum absolute atomic E-state index is 0.0415. The van der Waals surface area contributed by atoms with Crippen LogP contribution in [0.25, 0.3) is 0 Å². The maximum Gasteiger partial charge on any atom is 0.239 e. The highest BCUT2D eigenvalue weighted by atomic mass is 35.5. The zero-order valence-electron chi connectivity index (χ0n) is 17.6. The number of hydrogen-bond donors (Lipinski definition) is 1. The van der Waals surface area contributed by atoms with E-state index < -0.39 is 0 Å². The molecule has 156 valence electrons. The van der Waals surface area contributed by atoms with Crippen LogP contribution >= 0.6 is 11.6 Å². The fourth-order valence-electron chi connectivity index (χ4n) is 3.54. The Morgan fingerprint density at radius 2 is 2.00 bits per heavy atom. The van der Waals surface area contributed by atoms with Crippen molar-refractivity contribution in [3.05, 3.63) is 34.9 Å². The molecule has 0 aromatic heterocycles. The van der Waals surface area contributed by atoms with Gasteiger partial charge in [-0.1, -0.05) is 23.7 Å². The van der Waals surface area contributed by atoms with Gasteiger partial charge in [-0.05, 0) is 50.4 Å². The number of halogens is 1. The van der Waals surface area contributed by atoms with E-state index in [1.807, 2.05) is 45.4 Å². The van der Waals surface area contributed by atoms with E-state index in [0.29, 0.717) is 0 Å². The lowest BCUT2D eigenvalue weighted by Crippen LogP contribution is -2.43. The monoisotopic (exact) mass is 407 g/mol. The summed E-state index contributed by atoms with van der Waals surface area (Å²) in [4.78, 5) is 23.2. The lowest BCUT2D eigenvalue weighted by molar-refractivity contribution is -0.133. The molecule has 1 N–H and O–H groups in total. The summed E-state index contributed by atoms with van der Waals surface area (Å²) in [5, 5.41) is 4.11. The summed E-state index contributed by atoms with van der Waals surface area (Å²) in [5.41, 5.74) is 1.19. The van der Waals surface area contributed by atoms with Gasteiger partial charge in [0.25, 0.3) is 0 Å². The summed E-state index contributed by atoms with van der Waals surface area (Å²) in [6, 6.07) is 7.95. The molecule has 1 amide bonds. The molecule has 0 bridgehead atoms. The normalized spacial score (nSPS) is 17.6. The van der Waals surface area contributed by atoms with Gasteiger partial charge in [-0.3, -0.25) is 14.7 Å². The molecular weight excluding hydrogens is 374 g/mol. The number of likely N-dealkylation sites (tertiary alicyclic amines) is 1. The van der Waals surface area contributed by atoms with Crippen molar-refractivity contribution in [2.75, 3.05) is 47.3 Å². The summed E-state index contributed by atoms with van der Waals surface area (Å²) in [6.07, 6.45) is 3.01. The first-order chi connectivity index (χ1) is 13.4. The molecular formula is C21H34ClN5O. The van der Waals surface area contributed by atoms with Gasteiger partial charge in [0.1, 0.15) is 0 Å². The number of nitrogens with zero attached hydrogens (tertiary/aromatic N) is 4. The first-order valence-electron chi connectivity index (χ1n) is 10.1. The minimum Gasteiger partial charge on any atom is -0.357 e. The van der Waals surface area contributed by atoms with Crippen LogP contribution in [0, 0.1) is 0 Å². The van der Waals surface area contributed by atoms with Crippen LogP contribution in [0.5, 0.6) is 0 Å². The molecule has 1 fully saturated rings. The van der Waals surface area contributed by atoms with E-state index in [9.17, 15) is 4.79 Å². The molecule has 2 rings (SSSR count). The number of aliphatic imine (C=N–C) groups is 1. The highest BCUT2D eigenvalue weighted by Gasteiger charge is 2.30. The zero-order valence-corrected chi connectivity index (χ0v) is 18.4. The van der Waals surface area contributed by atoms with Crippen LogP contribution in [-0.4, -0.2) is 79.9 Å². The molecule has 1 aliphatic heterocycles. The van der Waals surface area contributed by atoms with Crippen LogP contribution in [0.1, 0.15) is 31.7 Å². The Bertz CT molecular complexity index is 647. The zero-order chi connectivity index (χ0) is 20.5. The molecule has 1 unspecified atom stereocenters. The predicted octanol–water partition coefficient (Wildman–Crippen LogP) is 2.68. The van der Waals surface area contributed by atoms with Crippen molar-refractivity contribution in [3.8, 4) is 0 Å². The second-order valence-electron chi connectivity index (χ2n) is 7.50. The predicted molar refractivity (Wildman–Crippen MR) is 117 cm³/mol. The van der Waals surface area contributed by atoms with Crippen molar-refractivity contribution < 1.29 is 4.79 Å². The molecule has 1 heterocycles. The molecule has 0 spiro atoms. The summed E-state index contributed by atoms with van der Waals surface area (Å²) >= 11 is 5.97. The number of amides is 1. The van der Waals surface area contributed by atoms with Crippen LogP contribution in [0.15, 0.2) is 29.3 Å². The Morgan fingerprint density at radius 1 is 1.29 bits per heavy atom. The van der Waals surface area contributed by atoms with Crippen LogP contribution < -0.4 is 5.32 Å². The molecule has 0 radical (unpaired) electrons. The van der Waals surface area contributed by atoms with E-state index in [-0.39, 0.29) is 11.9 Å². The van der Waals surface area contributed by atoms with Crippen molar-refractivity contribution >= 4 is 23.5 Å². The first-order valence-corrected chi connectivity index (χ1v) is 10.5. The van der Waals surface area contributed by atoms with Crippen molar-refractivity contribution in [2.45, 2.75) is 38.8 Å². The maximum atomic E-state index is 12.3. The van der Waals surface area contributed by atoms with Crippen molar-refractivity contribution in [3.63, 3.8) is 0 Å². The van der Waals surface area contributed by atoms with Gasteiger partial charge in [0.15, 0.2) is 5.96 Å². The quantitative estimate of drug-likeness (QED) is 0.409. The van der Waals surface area contributed by atoms with Crippen molar-refractivity contribution in [2.24, 2.45) is 4.99 Å². The largest absolute Gasteiger partial charge is 0.357 e. The summed E-state index contributed by atoms with van der Waals surface area (Å²) < 4.78 is 0. The Hall–Kier alpha value is -1.79. The molecule has 6 nitrogen and oxygen atoms in total. The van der Waals surface area contributed by atoms with Crippen LogP contribution in [-0.2, 0) is 11.3 Å². The Morgan fingerprint density at radius 3 is 2.64 bits per heavy atom. The molecule has 28 heavy (non-hydrogen) atoms. The number of rotatable bonds is 8. The van der Waals surface area contributed by atoms with Crippen LogP contribution in [0.3, 0.4) is 0 Å². The highest BCUT2D eigenvalue weighted by molar-refractivity contribution is 6.30. The smallest absolute Gasteiger partial charge is 0.239 e. The number of hydrogen-bond acceptors (Lipinski definition) is 3. The summed E-state index contributed by atoms with van der Waals surface area (Å²) in [7, 11) is 5.72. The van der Waals surface area contributed by atoms with Gasteiger partial charge in [-0.25, -0.2) is 0 Å². The van der Waals surface area contributed by atoms with Crippen LogP contribution in [0.4, 0.5) is 0 Å². The van der Waals surface area contributed by atoms with Gasteiger partial charge in [0, 0.05) is 52.3 Å². The lowest BCUT2D eigenvalue weighted by atomic mass is 10.2.